The lowest BCUT2D eigenvalue weighted by Crippen LogP contribution is -2.55. The number of nitrogens with one attached hydrogen (secondary N) is 1. The summed E-state index contributed by atoms with van der Waals surface area (Å²) in [4.78, 5) is 12.0. The van der Waals surface area contributed by atoms with Crippen LogP contribution in [-0.4, -0.2) is 24.2 Å². The molecule has 3 nitrogen and oxygen atoms in total. The first-order valence-electron chi connectivity index (χ1n) is 6.22. The van der Waals surface area contributed by atoms with E-state index in [0.29, 0.717) is 12.6 Å². The lowest BCUT2D eigenvalue weighted by Gasteiger charge is -2.35. The van der Waals surface area contributed by atoms with Gasteiger partial charge in [0, 0.05) is 6.04 Å². The topological polar surface area (TPSA) is 38.3 Å². The monoisotopic (exact) mass is 211 g/mol. The zero-order valence-electron chi connectivity index (χ0n) is 9.55. The van der Waals surface area contributed by atoms with E-state index < -0.39 is 0 Å². The third-order valence-electron chi connectivity index (χ3n) is 3.43. The molecule has 86 valence electrons. The molecule has 1 N–H and O–H groups in total. The largest absolute Gasteiger partial charge is 0.465 e. The highest BCUT2D eigenvalue weighted by molar-refractivity contribution is 5.81. The third-order valence-corrected chi connectivity index (χ3v) is 3.43. The number of esters is 1. The van der Waals surface area contributed by atoms with Crippen LogP contribution in [0.15, 0.2) is 0 Å². The van der Waals surface area contributed by atoms with E-state index in [4.69, 9.17) is 4.74 Å². The molecule has 0 atom stereocenters. The summed E-state index contributed by atoms with van der Waals surface area (Å²) in [6.07, 6.45) is 7.93. The van der Waals surface area contributed by atoms with Crippen LogP contribution in [0, 0.1) is 0 Å². The molecule has 2 rings (SSSR count). The van der Waals surface area contributed by atoms with E-state index in [1.54, 1.807) is 0 Å². The van der Waals surface area contributed by atoms with Gasteiger partial charge in [0.25, 0.3) is 0 Å². The van der Waals surface area contributed by atoms with Crippen molar-refractivity contribution < 1.29 is 9.53 Å². The van der Waals surface area contributed by atoms with Gasteiger partial charge < -0.3 is 4.74 Å². The average molecular weight is 211 g/mol. The quantitative estimate of drug-likeness (QED) is 0.723. The Balaban J connectivity index is 2.01. The summed E-state index contributed by atoms with van der Waals surface area (Å²) in [6.45, 7) is 2.37. The zero-order valence-corrected chi connectivity index (χ0v) is 9.55. The van der Waals surface area contributed by atoms with Crippen molar-refractivity contribution in [2.75, 3.05) is 6.61 Å². The van der Waals surface area contributed by atoms with Crippen molar-refractivity contribution in [3.63, 3.8) is 0 Å². The molecule has 15 heavy (non-hydrogen) atoms. The Labute approximate surface area is 91.6 Å². The molecule has 2 aliphatic rings. The number of carbonyl (C=O) groups excluding carboxylic acids is 1. The van der Waals surface area contributed by atoms with Gasteiger partial charge >= 0.3 is 5.97 Å². The maximum absolute atomic E-state index is 12.0. The predicted octanol–water partition coefficient (Wildman–Crippen LogP) is 2.00. The fourth-order valence-corrected chi connectivity index (χ4v) is 2.45. The maximum atomic E-state index is 12.0. The molecule has 3 heteroatoms. The van der Waals surface area contributed by atoms with Crippen LogP contribution in [0.3, 0.4) is 0 Å². The van der Waals surface area contributed by atoms with Crippen LogP contribution in [0.1, 0.15) is 51.9 Å². The van der Waals surface area contributed by atoms with Gasteiger partial charge in [0.2, 0.25) is 0 Å². The summed E-state index contributed by atoms with van der Waals surface area (Å²) < 4.78 is 5.21. The smallest absolute Gasteiger partial charge is 0.326 e. The molecule has 0 aromatic carbocycles. The molecular formula is C12H21NO2. The first kappa shape index (κ1) is 10.9. The van der Waals surface area contributed by atoms with Gasteiger partial charge in [-0.1, -0.05) is 19.3 Å². The number of hydrogen-bond acceptors (Lipinski definition) is 3. The van der Waals surface area contributed by atoms with Crippen LogP contribution in [-0.2, 0) is 9.53 Å². The van der Waals surface area contributed by atoms with E-state index in [-0.39, 0.29) is 11.5 Å². The average Bonchev–Trinajstić information content (AvgIpc) is 3.03. The van der Waals surface area contributed by atoms with Gasteiger partial charge in [0.15, 0.2) is 0 Å². The molecule has 0 bridgehead atoms. The van der Waals surface area contributed by atoms with Gasteiger partial charge in [-0.3, -0.25) is 10.1 Å². The van der Waals surface area contributed by atoms with Crippen molar-refractivity contribution in [1.82, 2.24) is 5.32 Å². The summed E-state index contributed by atoms with van der Waals surface area (Å²) in [5, 5.41) is 3.52. The Morgan fingerprint density at radius 3 is 2.53 bits per heavy atom. The second-order valence-corrected chi connectivity index (χ2v) is 4.78. The SMILES string of the molecule is CCOC(=O)C1(NC2CC2)CCCCC1. The second-order valence-electron chi connectivity index (χ2n) is 4.78. The number of carbonyl (C=O) groups is 1. The van der Waals surface area contributed by atoms with Gasteiger partial charge in [-0.15, -0.1) is 0 Å². The van der Waals surface area contributed by atoms with Crippen molar-refractivity contribution >= 4 is 5.97 Å². The highest BCUT2D eigenvalue weighted by Gasteiger charge is 2.44. The summed E-state index contributed by atoms with van der Waals surface area (Å²) >= 11 is 0. The van der Waals surface area contributed by atoms with E-state index in [2.05, 4.69) is 5.32 Å². The lowest BCUT2D eigenvalue weighted by atomic mass is 9.81. The van der Waals surface area contributed by atoms with Gasteiger partial charge in [-0.2, -0.15) is 0 Å². The van der Waals surface area contributed by atoms with Crippen molar-refractivity contribution in [2.45, 2.75) is 63.5 Å². The van der Waals surface area contributed by atoms with Crippen LogP contribution < -0.4 is 5.32 Å². The van der Waals surface area contributed by atoms with Crippen LogP contribution in [0.2, 0.25) is 0 Å². The first-order valence-corrected chi connectivity index (χ1v) is 6.22. The Bertz CT molecular complexity index is 230. The zero-order chi connectivity index (χ0) is 10.7. The molecule has 2 aliphatic carbocycles. The van der Waals surface area contributed by atoms with Crippen molar-refractivity contribution in [3.8, 4) is 0 Å². The predicted molar refractivity (Wildman–Crippen MR) is 58.6 cm³/mol. The number of hydrogen-bond donors (Lipinski definition) is 1. The molecule has 2 saturated carbocycles. The van der Waals surface area contributed by atoms with Crippen LogP contribution >= 0.6 is 0 Å². The minimum atomic E-state index is -0.338. The molecule has 0 spiro atoms. The Kier molecular flexibility index (Phi) is 3.29. The summed E-state index contributed by atoms with van der Waals surface area (Å²) in [5.41, 5.74) is -0.338. The molecule has 0 aromatic heterocycles. The van der Waals surface area contributed by atoms with E-state index >= 15 is 0 Å². The second kappa shape index (κ2) is 4.52. The normalized spacial score (nSPS) is 24.9. The van der Waals surface area contributed by atoms with Crippen LogP contribution in [0.5, 0.6) is 0 Å². The highest BCUT2D eigenvalue weighted by Crippen LogP contribution is 2.33. The highest BCUT2D eigenvalue weighted by atomic mass is 16.5. The third kappa shape index (κ3) is 2.51. The lowest BCUT2D eigenvalue weighted by molar-refractivity contribution is -0.153. The van der Waals surface area contributed by atoms with Gasteiger partial charge in [0.1, 0.15) is 5.54 Å². The Morgan fingerprint density at radius 1 is 1.33 bits per heavy atom. The first-order chi connectivity index (χ1) is 7.27. The van der Waals surface area contributed by atoms with Crippen molar-refractivity contribution in [2.24, 2.45) is 0 Å². The molecule has 0 unspecified atom stereocenters. The minimum absolute atomic E-state index is 0.0170. The molecule has 0 radical (unpaired) electrons. The van der Waals surface area contributed by atoms with Gasteiger partial charge in [0.05, 0.1) is 6.61 Å². The molecule has 0 aromatic rings. The van der Waals surface area contributed by atoms with E-state index in [1.165, 1.54) is 19.3 Å². The van der Waals surface area contributed by atoms with Crippen LogP contribution in [0.4, 0.5) is 0 Å². The Hall–Kier alpha value is -0.570. The summed E-state index contributed by atoms with van der Waals surface area (Å²) in [5.74, 6) is -0.0170. The summed E-state index contributed by atoms with van der Waals surface area (Å²) in [7, 11) is 0. The minimum Gasteiger partial charge on any atom is -0.465 e. The summed E-state index contributed by atoms with van der Waals surface area (Å²) in [6, 6.07) is 0.576. The standard InChI is InChI=1S/C12H21NO2/c1-2-15-11(14)12(13-10-6-7-10)8-4-3-5-9-12/h10,13H,2-9H2,1H3. The van der Waals surface area contributed by atoms with Crippen molar-refractivity contribution in [1.29, 1.82) is 0 Å². The van der Waals surface area contributed by atoms with E-state index in [9.17, 15) is 4.79 Å². The van der Waals surface area contributed by atoms with Gasteiger partial charge in [-0.05, 0) is 32.6 Å². The van der Waals surface area contributed by atoms with E-state index in [1.807, 2.05) is 6.92 Å². The molecular weight excluding hydrogens is 190 g/mol. The maximum Gasteiger partial charge on any atom is 0.326 e. The Morgan fingerprint density at radius 2 is 2.00 bits per heavy atom. The van der Waals surface area contributed by atoms with Gasteiger partial charge in [-0.25, -0.2) is 0 Å². The fraction of sp³-hybridized carbons (Fsp3) is 0.917. The molecule has 0 amide bonds. The van der Waals surface area contributed by atoms with Crippen molar-refractivity contribution in [3.05, 3.63) is 0 Å². The number of ether oxygens (including phenoxy) is 1. The van der Waals surface area contributed by atoms with Crippen LogP contribution in [0.25, 0.3) is 0 Å². The fourth-order valence-electron chi connectivity index (χ4n) is 2.45. The molecule has 0 heterocycles. The van der Waals surface area contributed by atoms with E-state index in [0.717, 1.165) is 25.7 Å². The molecule has 0 aliphatic heterocycles. The molecule has 2 fully saturated rings. The molecule has 0 saturated heterocycles. The number of rotatable bonds is 4.